The van der Waals surface area contributed by atoms with Crippen LogP contribution in [0.1, 0.15) is 51.9 Å². The first-order valence-electron chi connectivity index (χ1n) is 8.25. The molecule has 0 heterocycles. The molecule has 0 amide bonds. The van der Waals surface area contributed by atoms with Crippen LogP contribution in [0.25, 0.3) is 0 Å². The lowest BCUT2D eigenvalue weighted by Crippen LogP contribution is -2.16. The molecule has 3 heteroatoms. The highest BCUT2D eigenvalue weighted by molar-refractivity contribution is 5.69. The Morgan fingerprint density at radius 2 is 1.86 bits per heavy atom. The van der Waals surface area contributed by atoms with Crippen LogP contribution in [-0.2, 0) is 4.79 Å². The summed E-state index contributed by atoms with van der Waals surface area (Å²) in [5.74, 6) is 1.86. The topological polar surface area (TPSA) is 35.5 Å². The van der Waals surface area contributed by atoms with Crippen LogP contribution in [0.5, 0.6) is 11.5 Å². The quantitative estimate of drug-likeness (QED) is 0.408. The molecule has 3 nitrogen and oxygen atoms in total. The van der Waals surface area contributed by atoms with E-state index in [1.165, 1.54) is 45.4 Å². The van der Waals surface area contributed by atoms with Gasteiger partial charge in [0.15, 0.2) is 0 Å². The number of ether oxygens (including phenoxy) is 2. The summed E-state index contributed by atoms with van der Waals surface area (Å²) in [7, 11) is 0. The predicted octanol–water partition coefficient (Wildman–Crippen LogP) is 4.91. The van der Waals surface area contributed by atoms with Gasteiger partial charge in [-0.3, -0.25) is 4.79 Å². The lowest BCUT2D eigenvalue weighted by Gasteiger charge is -2.23. The van der Waals surface area contributed by atoms with Gasteiger partial charge in [0.05, 0.1) is 0 Å². The summed E-state index contributed by atoms with van der Waals surface area (Å²) < 4.78 is 11.0. The average molecular weight is 302 g/mol. The van der Waals surface area contributed by atoms with Crippen molar-refractivity contribution < 1.29 is 14.3 Å². The van der Waals surface area contributed by atoms with E-state index in [-0.39, 0.29) is 12.1 Å². The zero-order valence-electron chi connectivity index (χ0n) is 13.4. The second kappa shape index (κ2) is 8.62. The summed E-state index contributed by atoms with van der Waals surface area (Å²) in [5, 5.41) is 0. The Morgan fingerprint density at radius 1 is 1.23 bits per heavy atom. The van der Waals surface area contributed by atoms with Crippen LogP contribution in [0, 0.1) is 5.92 Å². The van der Waals surface area contributed by atoms with Gasteiger partial charge in [0.2, 0.25) is 0 Å². The first-order valence-corrected chi connectivity index (χ1v) is 8.25. The fourth-order valence-electron chi connectivity index (χ4n) is 3.03. The first-order chi connectivity index (χ1) is 10.7. The van der Waals surface area contributed by atoms with E-state index in [0.717, 1.165) is 18.1 Å². The Balaban J connectivity index is 1.81. The van der Waals surface area contributed by atoms with Gasteiger partial charge < -0.3 is 9.47 Å². The normalized spacial score (nSPS) is 16.8. The van der Waals surface area contributed by atoms with E-state index in [9.17, 15) is 4.79 Å². The Morgan fingerprint density at radius 3 is 2.45 bits per heavy atom. The molecule has 22 heavy (non-hydrogen) atoms. The number of esters is 1. The molecule has 0 aromatic heterocycles. The second-order valence-corrected chi connectivity index (χ2v) is 6.04. The standard InChI is InChI=1S/C19H26O3/c1-3-17(10-9-16-7-5-4-6-8-16)22-19-13-11-18(12-14-19)21-15(2)20/h3,11-14,16-17H,1,4-10H2,2H3. The Bertz CT molecular complexity index is 472. The third-order valence-electron chi connectivity index (χ3n) is 4.22. The summed E-state index contributed by atoms with van der Waals surface area (Å²) in [4.78, 5) is 10.9. The van der Waals surface area contributed by atoms with Crippen molar-refractivity contribution in [2.75, 3.05) is 0 Å². The lowest BCUT2D eigenvalue weighted by molar-refractivity contribution is -0.131. The SMILES string of the molecule is C=CC(CCC1CCCCC1)Oc1ccc(OC(C)=O)cc1. The van der Waals surface area contributed by atoms with Crippen molar-refractivity contribution in [1.82, 2.24) is 0 Å². The molecular formula is C19H26O3. The van der Waals surface area contributed by atoms with E-state index in [2.05, 4.69) is 6.58 Å². The van der Waals surface area contributed by atoms with Crippen LogP contribution in [0.4, 0.5) is 0 Å². The molecule has 1 saturated carbocycles. The van der Waals surface area contributed by atoms with E-state index < -0.39 is 0 Å². The maximum absolute atomic E-state index is 10.9. The largest absolute Gasteiger partial charge is 0.486 e. The summed E-state index contributed by atoms with van der Waals surface area (Å²) in [6.07, 6.45) is 11.0. The zero-order valence-corrected chi connectivity index (χ0v) is 13.4. The maximum atomic E-state index is 10.9. The van der Waals surface area contributed by atoms with Gasteiger partial charge >= 0.3 is 5.97 Å². The summed E-state index contributed by atoms with van der Waals surface area (Å²) in [6.45, 7) is 5.28. The second-order valence-electron chi connectivity index (χ2n) is 6.04. The zero-order chi connectivity index (χ0) is 15.8. The number of hydrogen-bond donors (Lipinski definition) is 0. The summed E-state index contributed by atoms with van der Waals surface area (Å²) >= 11 is 0. The van der Waals surface area contributed by atoms with Gasteiger partial charge in [-0.05, 0) is 43.0 Å². The van der Waals surface area contributed by atoms with E-state index in [4.69, 9.17) is 9.47 Å². The molecule has 1 atom stereocenters. The molecule has 1 fully saturated rings. The molecule has 2 rings (SSSR count). The molecule has 1 unspecified atom stereocenters. The summed E-state index contributed by atoms with van der Waals surface area (Å²) in [6, 6.07) is 7.15. The third kappa shape index (κ3) is 5.55. The molecule has 0 radical (unpaired) electrons. The minimum atomic E-state index is -0.315. The van der Waals surface area contributed by atoms with Crippen molar-refractivity contribution in [3.63, 3.8) is 0 Å². The van der Waals surface area contributed by atoms with Crippen molar-refractivity contribution in [3.8, 4) is 11.5 Å². The molecule has 1 aliphatic carbocycles. The Hall–Kier alpha value is -1.77. The van der Waals surface area contributed by atoms with Crippen LogP contribution in [0.15, 0.2) is 36.9 Å². The molecule has 0 bridgehead atoms. The highest BCUT2D eigenvalue weighted by atomic mass is 16.5. The van der Waals surface area contributed by atoms with Crippen LogP contribution in [0.3, 0.4) is 0 Å². The first kappa shape index (κ1) is 16.6. The fourth-order valence-corrected chi connectivity index (χ4v) is 3.03. The lowest BCUT2D eigenvalue weighted by atomic mass is 9.85. The van der Waals surface area contributed by atoms with Crippen molar-refractivity contribution in [1.29, 1.82) is 0 Å². The molecule has 0 spiro atoms. The van der Waals surface area contributed by atoms with E-state index in [1.54, 1.807) is 12.1 Å². The maximum Gasteiger partial charge on any atom is 0.308 e. The van der Waals surface area contributed by atoms with Gasteiger partial charge in [0.1, 0.15) is 17.6 Å². The average Bonchev–Trinajstić information content (AvgIpc) is 2.53. The molecule has 1 aliphatic rings. The van der Waals surface area contributed by atoms with Crippen molar-refractivity contribution >= 4 is 5.97 Å². The van der Waals surface area contributed by atoms with E-state index in [0.29, 0.717) is 5.75 Å². The van der Waals surface area contributed by atoms with Crippen molar-refractivity contribution in [2.45, 2.75) is 58.0 Å². The highest BCUT2D eigenvalue weighted by Crippen LogP contribution is 2.28. The highest BCUT2D eigenvalue weighted by Gasteiger charge is 2.15. The van der Waals surface area contributed by atoms with Gasteiger partial charge in [-0.2, -0.15) is 0 Å². The Kier molecular flexibility index (Phi) is 6.50. The smallest absolute Gasteiger partial charge is 0.308 e. The van der Waals surface area contributed by atoms with Gasteiger partial charge in [-0.25, -0.2) is 0 Å². The number of hydrogen-bond acceptors (Lipinski definition) is 3. The monoisotopic (exact) mass is 302 g/mol. The molecule has 120 valence electrons. The van der Waals surface area contributed by atoms with Gasteiger partial charge in [0, 0.05) is 6.92 Å². The van der Waals surface area contributed by atoms with Crippen LogP contribution >= 0.6 is 0 Å². The predicted molar refractivity (Wildman–Crippen MR) is 88.2 cm³/mol. The van der Waals surface area contributed by atoms with Crippen molar-refractivity contribution in [3.05, 3.63) is 36.9 Å². The molecule has 0 saturated heterocycles. The minimum absolute atomic E-state index is 0.0431. The number of rotatable bonds is 7. The third-order valence-corrected chi connectivity index (χ3v) is 4.22. The molecule has 1 aromatic rings. The van der Waals surface area contributed by atoms with Crippen molar-refractivity contribution in [2.24, 2.45) is 5.92 Å². The molecular weight excluding hydrogens is 276 g/mol. The van der Waals surface area contributed by atoms with Gasteiger partial charge in [-0.15, -0.1) is 0 Å². The number of benzene rings is 1. The number of carbonyl (C=O) groups excluding carboxylic acids is 1. The van der Waals surface area contributed by atoms with Crippen LogP contribution in [-0.4, -0.2) is 12.1 Å². The summed E-state index contributed by atoms with van der Waals surface area (Å²) in [5.41, 5.74) is 0. The van der Waals surface area contributed by atoms with E-state index in [1.807, 2.05) is 18.2 Å². The van der Waals surface area contributed by atoms with Crippen LogP contribution in [0.2, 0.25) is 0 Å². The van der Waals surface area contributed by atoms with Crippen LogP contribution < -0.4 is 9.47 Å². The minimum Gasteiger partial charge on any atom is -0.486 e. The molecule has 1 aromatic carbocycles. The molecule has 0 N–H and O–H groups in total. The van der Waals surface area contributed by atoms with E-state index >= 15 is 0 Å². The Labute approximate surface area is 133 Å². The fraction of sp³-hybridized carbons (Fsp3) is 0.526. The molecule has 0 aliphatic heterocycles. The van der Waals surface area contributed by atoms with Gasteiger partial charge in [0.25, 0.3) is 0 Å². The number of carbonyl (C=O) groups is 1. The van der Waals surface area contributed by atoms with Gasteiger partial charge in [-0.1, -0.05) is 44.8 Å².